The highest BCUT2D eigenvalue weighted by Gasteiger charge is 2.16. The highest BCUT2D eigenvalue weighted by molar-refractivity contribution is 5.80. The van der Waals surface area contributed by atoms with Gasteiger partial charge in [-0.2, -0.15) is 5.10 Å². The maximum atomic E-state index is 11.7. The van der Waals surface area contributed by atoms with Gasteiger partial charge in [-0.15, -0.1) is 0 Å². The van der Waals surface area contributed by atoms with Crippen molar-refractivity contribution in [3.63, 3.8) is 0 Å². The van der Waals surface area contributed by atoms with E-state index in [1.165, 1.54) is 32.1 Å². The molecule has 0 radical (unpaired) electrons. The summed E-state index contributed by atoms with van der Waals surface area (Å²) < 4.78 is 2.05. The average Bonchev–Trinajstić information content (AvgIpc) is 2.77. The van der Waals surface area contributed by atoms with Gasteiger partial charge in [0, 0.05) is 18.7 Å². The monoisotopic (exact) mass is 249 g/mol. The van der Waals surface area contributed by atoms with Gasteiger partial charge in [-0.1, -0.05) is 19.3 Å². The van der Waals surface area contributed by atoms with E-state index in [0.717, 1.165) is 5.69 Å². The van der Waals surface area contributed by atoms with Crippen molar-refractivity contribution in [3.05, 3.63) is 18.0 Å². The van der Waals surface area contributed by atoms with Gasteiger partial charge in [0.05, 0.1) is 18.2 Å². The molecule has 4 nitrogen and oxygen atoms in total. The van der Waals surface area contributed by atoms with E-state index in [-0.39, 0.29) is 11.8 Å². The fourth-order valence-corrected chi connectivity index (χ4v) is 2.65. The van der Waals surface area contributed by atoms with E-state index in [0.29, 0.717) is 18.9 Å². The van der Waals surface area contributed by atoms with Crippen molar-refractivity contribution in [2.24, 2.45) is 5.73 Å². The number of hydrogen-bond donors (Lipinski definition) is 1. The predicted octanol–water partition coefficient (Wildman–Crippen LogP) is 2.24. The standard InChI is InChI=1S/C14H23N3O/c1-11(15)9-14(18)10-12-7-8-17(16-12)13-5-3-2-4-6-13/h7-8,11,13H,2-6,9-10,15H2,1H3. The molecule has 1 heterocycles. The third kappa shape index (κ3) is 3.67. The second-order valence-electron chi connectivity index (χ2n) is 5.48. The molecule has 1 aromatic heterocycles. The number of nitrogens with zero attached hydrogens (tertiary/aromatic N) is 2. The maximum Gasteiger partial charge on any atom is 0.140 e. The van der Waals surface area contributed by atoms with Gasteiger partial charge in [-0.25, -0.2) is 0 Å². The second-order valence-corrected chi connectivity index (χ2v) is 5.48. The van der Waals surface area contributed by atoms with E-state index >= 15 is 0 Å². The molecule has 18 heavy (non-hydrogen) atoms. The molecule has 0 saturated heterocycles. The van der Waals surface area contributed by atoms with E-state index < -0.39 is 0 Å². The van der Waals surface area contributed by atoms with E-state index in [1.54, 1.807) is 0 Å². The van der Waals surface area contributed by atoms with Crippen molar-refractivity contribution in [2.75, 3.05) is 0 Å². The highest BCUT2D eigenvalue weighted by atomic mass is 16.1. The van der Waals surface area contributed by atoms with Crippen LogP contribution in [-0.2, 0) is 11.2 Å². The Morgan fingerprint density at radius 2 is 2.22 bits per heavy atom. The first-order valence-corrected chi connectivity index (χ1v) is 6.96. The van der Waals surface area contributed by atoms with Crippen molar-refractivity contribution in [1.82, 2.24) is 9.78 Å². The molecule has 1 saturated carbocycles. The number of Topliss-reactive ketones (excluding diaryl/α,β-unsaturated/α-hetero) is 1. The Balaban J connectivity index is 1.91. The van der Waals surface area contributed by atoms with Gasteiger partial charge < -0.3 is 5.73 Å². The Hall–Kier alpha value is -1.16. The molecule has 2 N–H and O–H groups in total. The summed E-state index contributed by atoms with van der Waals surface area (Å²) in [5.41, 5.74) is 6.50. The van der Waals surface area contributed by atoms with Crippen LogP contribution in [0.2, 0.25) is 0 Å². The Bertz CT molecular complexity index is 391. The molecule has 1 aromatic rings. The fraction of sp³-hybridized carbons (Fsp3) is 0.714. The molecule has 0 amide bonds. The summed E-state index contributed by atoms with van der Waals surface area (Å²) in [5.74, 6) is 0.180. The third-order valence-corrected chi connectivity index (χ3v) is 3.54. The predicted molar refractivity (Wildman–Crippen MR) is 71.3 cm³/mol. The molecule has 2 rings (SSSR count). The third-order valence-electron chi connectivity index (χ3n) is 3.54. The minimum Gasteiger partial charge on any atom is -0.328 e. The minimum absolute atomic E-state index is 0.0575. The molecular formula is C14H23N3O. The van der Waals surface area contributed by atoms with Gasteiger partial charge in [-0.3, -0.25) is 9.48 Å². The Morgan fingerprint density at radius 3 is 2.89 bits per heavy atom. The molecule has 0 bridgehead atoms. The number of ketones is 1. The van der Waals surface area contributed by atoms with Crippen LogP contribution in [0.25, 0.3) is 0 Å². The number of aromatic nitrogens is 2. The number of rotatable bonds is 5. The molecule has 1 atom stereocenters. The smallest absolute Gasteiger partial charge is 0.140 e. The van der Waals surface area contributed by atoms with Gasteiger partial charge in [0.15, 0.2) is 0 Å². The molecule has 0 aromatic carbocycles. The van der Waals surface area contributed by atoms with Crippen LogP contribution in [0.1, 0.15) is 57.2 Å². The Kier molecular flexibility index (Phi) is 4.53. The lowest BCUT2D eigenvalue weighted by Gasteiger charge is -2.21. The maximum absolute atomic E-state index is 11.7. The zero-order chi connectivity index (χ0) is 13.0. The van der Waals surface area contributed by atoms with Gasteiger partial charge in [0.25, 0.3) is 0 Å². The van der Waals surface area contributed by atoms with Crippen LogP contribution in [0.3, 0.4) is 0 Å². The summed E-state index contributed by atoms with van der Waals surface area (Å²) >= 11 is 0. The van der Waals surface area contributed by atoms with E-state index in [2.05, 4.69) is 5.10 Å². The van der Waals surface area contributed by atoms with Crippen LogP contribution in [0.4, 0.5) is 0 Å². The summed E-state index contributed by atoms with van der Waals surface area (Å²) in [7, 11) is 0. The molecule has 1 fully saturated rings. The lowest BCUT2D eigenvalue weighted by Crippen LogP contribution is -2.21. The van der Waals surface area contributed by atoms with Crippen LogP contribution >= 0.6 is 0 Å². The molecule has 0 aliphatic heterocycles. The molecule has 100 valence electrons. The summed E-state index contributed by atoms with van der Waals surface area (Å²) in [4.78, 5) is 11.7. The van der Waals surface area contributed by atoms with Crippen molar-refractivity contribution < 1.29 is 4.79 Å². The zero-order valence-corrected chi connectivity index (χ0v) is 11.1. The van der Waals surface area contributed by atoms with Gasteiger partial charge in [0.1, 0.15) is 5.78 Å². The van der Waals surface area contributed by atoms with Crippen molar-refractivity contribution >= 4 is 5.78 Å². The normalized spacial score (nSPS) is 18.8. The van der Waals surface area contributed by atoms with Gasteiger partial charge in [0.2, 0.25) is 0 Å². The molecule has 1 unspecified atom stereocenters. The number of nitrogens with two attached hydrogens (primary N) is 1. The largest absolute Gasteiger partial charge is 0.328 e. The van der Waals surface area contributed by atoms with E-state index in [9.17, 15) is 4.79 Å². The van der Waals surface area contributed by atoms with Crippen molar-refractivity contribution in [2.45, 2.75) is 64.0 Å². The molecule has 1 aliphatic rings. The first-order valence-electron chi connectivity index (χ1n) is 6.96. The summed E-state index contributed by atoms with van der Waals surface area (Å²) in [6.07, 6.45) is 9.25. The second kappa shape index (κ2) is 6.14. The van der Waals surface area contributed by atoms with E-state index in [1.807, 2.05) is 23.9 Å². The van der Waals surface area contributed by atoms with Crippen molar-refractivity contribution in [3.8, 4) is 0 Å². The van der Waals surface area contributed by atoms with Crippen LogP contribution < -0.4 is 5.73 Å². The molecule has 1 aliphatic carbocycles. The number of carbonyl (C=O) groups excluding carboxylic acids is 1. The van der Waals surface area contributed by atoms with Crippen LogP contribution in [0.15, 0.2) is 12.3 Å². The quantitative estimate of drug-likeness (QED) is 0.870. The molecular weight excluding hydrogens is 226 g/mol. The molecule has 4 heteroatoms. The first kappa shape index (κ1) is 13.3. The summed E-state index contributed by atoms with van der Waals surface area (Å²) in [6.45, 7) is 1.86. The number of carbonyl (C=O) groups is 1. The summed E-state index contributed by atoms with van der Waals surface area (Å²) in [5, 5.41) is 4.54. The molecule has 0 spiro atoms. The SMILES string of the molecule is CC(N)CC(=O)Cc1ccn(C2CCCCC2)n1. The average molecular weight is 249 g/mol. The van der Waals surface area contributed by atoms with Gasteiger partial charge in [-0.05, 0) is 25.8 Å². The van der Waals surface area contributed by atoms with Crippen LogP contribution in [-0.4, -0.2) is 21.6 Å². The Morgan fingerprint density at radius 1 is 1.50 bits per heavy atom. The highest BCUT2D eigenvalue weighted by Crippen LogP contribution is 2.27. The fourth-order valence-electron chi connectivity index (χ4n) is 2.65. The van der Waals surface area contributed by atoms with Gasteiger partial charge >= 0.3 is 0 Å². The Labute approximate surface area is 109 Å². The lowest BCUT2D eigenvalue weighted by atomic mass is 9.96. The summed E-state index contributed by atoms with van der Waals surface area (Å²) in [6, 6.07) is 2.45. The zero-order valence-electron chi connectivity index (χ0n) is 11.1. The number of hydrogen-bond acceptors (Lipinski definition) is 3. The lowest BCUT2D eigenvalue weighted by molar-refractivity contribution is -0.118. The van der Waals surface area contributed by atoms with Crippen LogP contribution in [0.5, 0.6) is 0 Å². The topological polar surface area (TPSA) is 60.9 Å². The minimum atomic E-state index is -0.0575. The van der Waals surface area contributed by atoms with Crippen molar-refractivity contribution in [1.29, 1.82) is 0 Å². The van der Waals surface area contributed by atoms with Crippen LogP contribution in [0, 0.1) is 0 Å². The van der Waals surface area contributed by atoms with E-state index in [4.69, 9.17) is 5.73 Å². The first-order chi connectivity index (χ1) is 8.65.